The van der Waals surface area contributed by atoms with E-state index in [-0.39, 0.29) is 11.8 Å². The van der Waals surface area contributed by atoms with E-state index >= 15 is 0 Å². The first-order chi connectivity index (χ1) is 14.6. The van der Waals surface area contributed by atoms with E-state index in [0.717, 1.165) is 47.8 Å². The van der Waals surface area contributed by atoms with Gasteiger partial charge in [0, 0.05) is 23.4 Å². The van der Waals surface area contributed by atoms with Crippen LogP contribution < -0.4 is 10.1 Å². The first-order valence-electron chi connectivity index (χ1n) is 10.6. The molecule has 30 heavy (non-hydrogen) atoms. The zero-order valence-electron chi connectivity index (χ0n) is 17.9. The number of hydrogen-bond acceptors (Lipinski definition) is 3. The Morgan fingerprint density at radius 3 is 2.73 bits per heavy atom. The van der Waals surface area contributed by atoms with Crippen LogP contribution in [-0.4, -0.2) is 17.6 Å². The van der Waals surface area contributed by atoms with Crippen molar-refractivity contribution in [2.75, 3.05) is 12.4 Å². The van der Waals surface area contributed by atoms with Crippen LogP contribution in [-0.2, 0) is 11.3 Å². The smallest absolute Gasteiger partial charge is 0.227 e. The van der Waals surface area contributed by atoms with Gasteiger partial charge in [0.1, 0.15) is 5.75 Å². The number of rotatable bonds is 9. The molecule has 0 radical (unpaired) electrons. The van der Waals surface area contributed by atoms with Gasteiger partial charge in [-0.05, 0) is 48.6 Å². The van der Waals surface area contributed by atoms with E-state index in [4.69, 9.17) is 10.00 Å². The predicted molar refractivity (Wildman–Crippen MR) is 121 cm³/mol. The normalized spacial score (nSPS) is 11.8. The van der Waals surface area contributed by atoms with E-state index in [2.05, 4.69) is 35.9 Å². The van der Waals surface area contributed by atoms with Crippen molar-refractivity contribution in [1.82, 2.24) is 4.57 Å². The van der Waals surface area contributed by atoms with Gasteiger partial charge in [0.2, 0.25) is 5.91 Å². The highest BCUT2D eigenvalue weighted by atomic mass is 16.5. The monoisotopic (exact) mass is 403 g/mol. The zero-order chi connectivity index (χ0) is 21.5. The van der Waals surface area contributed by atoms with Gasteiger partial charge in [-0.3, -0.25) is 4.79 Å². The van der Waals surface area contributed by atoms with E-state index < -0.39 is 0 Å². The maximum Gasteiger partial charge on any atom is 0.227 e. The second-order valence-corrected chi connectivity index (χ2v) is 7.59. The molecule has 0 fully saturated rings. The van der Waals surface area contributed by atoms with Crippen molar-refractivity contribution in [2.24, 2.45) is 5.92 Å². The number of benzene rings is 2. The fourth-order valence-electron chi connectivity index (χ4n) is 3.74. The molecule has 3 aromatic rings. The standard InChI is InChI=1S/C25H29N3O2/c1-4-6-7-19(5-2)25(29)27-22-11-10-20-12-13-28(23(20)15-22)17-21-9-8-18(16-26)14-24(21)30-3/h8-15,19H,4-7,17H2,1-3H3,(H,27,29). The topological polar surface area (TPSA) is 67.0 Å². The third-order valence-electron chi connectivity index (χ3n) is 5.57. The lowest BCUT2D eigenvalue weighted by Gasteiger charge is -2.15. The Hall–Kier alpha value is -3.26. The molecule has 2 aromatic carbocycles. The Morgan fingerprint density at radius 1 is 1.20 bits per heavy atom. The molecule has 0 aliphatic heterocycles. The van der Waals surface area contributed by atoms with E-state index in [1.807, 2.05) is 30.5 Å². The van der Waals surface area contributed by atoms with Gasteiger partial charge < -0.3 is 14.6 Å². The van der Waals surface area contributed by atoms with Gasteiger partial charge in [0.15, 0.2) is 0 Å². The molecule has 0 aliphatic rings. The van der Waals surface area contributed by atoms with E-state index in [1.54, 1.807) is 19.2 Å². The first-order valence-corrected chi connectivity index (χ1v) is 10.6. The minimum atomic E-state index is 0.0512. The minimum absolute atomic E-state index is 0.0512. The molecule has 1 atom stereocenters. The summed E-state index contributed by atoms with van der Waals surface area (Å²) in [6.45, 7) is 4.83. The molecule has 3 rings (SSSR count). The molecule has 0 saturated carbocycles. The molecule has 0 spiro atoms. The number of nitrogens with one attached hydrogen (secondary N) is 1. The molecule has 5 heteroatoms. The van der Waals surface area contributed by atoms with Crippen molar-refractivity contribution in [3.63, 3.8) is 0 Å². The van der Waals surface area contributed by atoms with Crippen molar-refractivity contribution >= 4 is 22.5 Å². The van der Waals surface area contributed by atoms with Crippen molar-refractivity contribution in [2.45, 2.75) is 46.1 Å². The lowest BCUT2D eigenvalue weighted by atomic mass is 9.98. The number of nitriles is 1. The predicted octanol–water partition coefficient (Wildman–Crippen LogP) is 5.72. The number of methoxy groups -OCH3 is 1. The summed E-state index contributed by atoms with van der Waals surface area (Å²) < 4.78 is 7.60. The zero-order valence-corrected chi connectivity index (χ0v) is 17.9. The van der Waals surface area contributed by atoms with E-state index in [1.165, 1.54) is 0 Å². The molecule has 1 N–H and O–H groups in total. The summed E-state index contributed by atoms with van der Waals surface area (Å²) in [4.78, 5) is 12.7. The Morgan fingerprint density at radius 2 is 2.03 bits per heavy atom. The van der Waals surface area contributed by atoms with Gasteiger partial charge in [-0.2, -0.15) is 5.26 Å². The minimum Gasteiger partial charge on any atom is -0.496 e. The maximum atomic E-state index is 12.7. The lowest BCUT2D eigenvalue weighted by molar-refractivity contribution is -0.120. The number of fused-ring (bicyclic) bond motifs is 1. The van der Waals surface area contributed by atoms with Crippen LogP contribution in [0.15, 0.2) is 48.7 Å². The second kappa shape index (κ2) is 9.98. The summed E-state index contributed by atoms with van der Waals surface area (Å²) in [5.74, 6) is 0.842. The highest BCUT2D eigenvalue weighted by Gasteiger charge is 2.16. The van der Waals surface area contributed by atoms with Crippen LogP contribution >= 0.6 is 0 Å². The number of unbranched alkanes of at least 4 members (excludes halogenated alkanes) is 1. The largest absolute Gasteiger partial charge is 0.496 e. The number of aromatic nitrogens is 1. The molecule has 0 aliphatic carbocycles. The SMILES string of the molecule is CCCCC(CC)C(=O)Nc1ccc2ccn(Cc3ccc(C#N)cc3OC)c2c1. The molecule has 1 amide bonds. The van der Waals surface area contributed by atoms with Crippen molar-refractivity contribution < 1.29 is 9.53 Å². The summed E-state index contributed by atoms with van der Waals surface area (Å²) in [6.07, 6.45) is 5.98. The summed E-state index contributed by atoms with van der Waals surface area (Å²) >= 11 is 0. The summed E-state index contributed by atoms with van der Waals surface area (Å²) in [7, 11) is 1.62. The molecule has 0 bridgehead atoms. The number of hydrogen-bond donors (Lipinski definition) is 1. The first kappa shape index (κ1) is 21.4. The third kappa shape index (κ3) is 4.83. The molecule has 5 nitrogen and oxygen atoms in total. The van der Waals surface area contributed by atoms with Gasteiger partial charge in [0.25, 0.3) is 0 Å². The van der Waals surface area contributed by atoms with Crippen LogP contribution in [0.5, 0.6) is 5.75 Å². The maximum absolute atomic E-state index is 12.7. The molecule has 0 saturated heterocycles. The van der Waals surface area contributed by atoms with Crippen LogP contribution in [0.25, 0.3) is 10.9 Å². The average Bonchev–Trinajstić information content (AvgIpc) is 3.16. The van der Waals surface area contributed by atoms with E-state index in [0.29, 0.717) is 17.9 Å². The van der Waals surface area contributed by atoms with Crippen molar-refractivity contribution in [3.05, 3.63) is 59.8 Å². The summed E-state index contributed by atoms with van der Waals surface area (Å²) in [5.41, 5.74) is 3.43. The number of anilines is 1. The van der Waals surface area contributed by atoms with Crippen LogP contribution in [0.2, 0.25) is 0 Å². The lowest BCUT2D eigenvalue weighted by Crippen LogP contribution is -2.22. The Labute approximate surface area is 178 Å². The van der Waals surface area contributed by atoms with Gasteiger partial charge in [0.05, 0.1) is 30.8 Å². The Bertz CT molecular complexity index is 1060. The highest BCUT2D eigenvalue weighted by molar-refractivity contribution is 5.95. The average molecular weight is 404 g/mol. The number of nitrogens with zero attached hydrogens (tertiary/aromatic N) is 2. The summed E-state index contributed by atoms with van der Waals surface area (Å²) in [5, 5.41) is 13.3. The fraction of sp³-hybridized carbons (Fsp3) is 0.360. The number of amides is 1. The molecule has 1 aromatic heterocycles. The Kier molecular flexibility index (Phi) is 7.13. The number of carbonyl (C=O) groups is 1. The van der Waals surface area contributed by atoms with Crippen LogP contribution in [0.1, 0.15) is 50.7 Å². The third-order valence-corrected chi connectivity index (χ3v) is 5.57. The van der Waals surface area contributed by atoms with Gasteiger partial charge >= 0.3 is 0 Å². The number of carbonyl (C=O) groups excluding carboxylic acids is 1. The molecule has 1 unspecified atom stereocenters. The quantitative estimate of drug-likeness (QED) is 0.496. The fourth-order valence-corrected chi connectivity index (χ4v) is 3.74. The second-order valence-electron chi connectivity index (χ2n) is 7.59. The highest BCUT2D eigenvalue weighted by Crippen LogP contribution is 2.26. The summed E-state index contributed by atoms with van der Waals surface area (Å²) in [6, 6.07) is 15.7. The van der Waals surface area contributed by atoms with E-state index in [9.17, 15) is 4.79 Å². The molecule has 1 heterocycles. The molecular weight excluding hydrogens is 374 g/mol. The van der Waals surface area contributed by atoms with Crippen molar-refractivity contribution in [1.29, 1.82) is 5.26 Å². The van der Waals surface area contributed by atoms with Gasteiger partial charge in [-0.15, -0.1) is 0 Å². The molecule has 156 valence electrons. The van der Waals surface area contributed by atoms with Gasteiger partial charge in [-0.1, -0.05) is 38.8 Å². The van der Waals surface area contributed by atoms with Gasteiger partial charge in [-0.25, -0.2) is 0 Å². The van der Waals surface area contributed by atoms with Crippen LogP contribution in [0.4, 0.5) is 5.69 Å². The van der Waals surface area contributed by atoms with Crippen LogP contribution in [0.3, 0.4) is 0 Å². The molecular formula is C25H29N3O2. The number of ether oxygens (including phenoxy) is 1. The van der Waals surface area contributed by atoms with Crippen molar-refractivity contribution in [3.8, 4) is 11.8 Å². The van der Waals surface area contributed by atoms with Crippen LogP contribution in [0, 0.1) is 17.2 Å². The Balaban J connectivity index is 1.83.